The number of nitrogens with one attached hydrogen (secondary N) is 2. The summed E-state index contributed by atoms with van der Waals surface area (Å²) in [6, 6.07) is 12.6. The molecule has 0 spiro atoms. The molecule has 0 aliphatic rings. The van der Waals surface area contributed by atoms with Gasteiger partial charge in [0.05, 0.1) is 0 Å². The lowest BCUT2D eigenvalue weighted by Gasteiger charge is -2.15. The minimum absolute atomic E-state index is 0.0313. The van der Waals surface area contributed by atoms with Crippen molar-refractivity contribution >= 4 is 23.1 Å². The van der Waals surface area contributed by atoms with Gasteiger partial charge >= 0.3 is 6.18 Å². The van der Waals surface area contributed by atoms with Gasteiger partial charge in [-0.15, -0.1) is 0 Å². The standard InChI is InChI=1S/C22H22F4N4/c1-2-3-4-6-15-7-5-8-18(13-15)28-20-19(22(24,25)26)14-27-21(30-20)29-17-11-9-16(23)10-12-17/h5,7-14H,2-4,6H2,1H3,(H2,27,28,29,30). The zero-order valence-corrected chi connectivity index (χ0v) is 16.4. The van der Waals surface area contributed by atoms with Crippen molar-refractivity contribution in [1.82, 2.24) is 9.97 Å². The van der Waals surface area contributed by atoms with E-state index >= 15 is 0 Å². The molecule has 0 fully saturated rings. The summed E-state index contributed by atoms with van der Waals surface area (Å²) in [5, 5.41) is 5.56. The summed E-state index contributed by atoms with van der Waals surface area (Å²) in [7, 11) is 0. The number of nitrogens with zero attached hydrogens (tertiary/aromatic N) is 2. The molecule has 0 amide bonds. The van der Waals surface area contributed by atoms with Crippen LogP contribution in [0.4, 0.5) is 40.7 Å². The van der Waals surface area contributed by atoms with Crippen molar-refractivity contribution in [2.24, 2.45) is 0 Å². The Balaban J connectivity index is 1.86. The van der Waals surface area contributed by atoms with Crippen LogP contribution in [0.1, 0.15) is 37.3 Å². The Kier molecular flexibility index (Phi) is 6.87. The van der Waals surface area contributed by atoms with E-state index in [1.807, 2.05) is 12.1 Å². The summed E-state index contributed by atoms with van der Waals surface area (Å²) < 4.78 is 53.4. The molecule has 0 aliphatic carbocycles. The van der Waals surface area contributed by atoms with Crippen LogP contribution >= 0.6 is 0 Å². The minimum Gasteiger partial charge on any atom is -0.340 e. The number of rotatable bonds is 8. The molecule has 0 bridgehead atoms. The van der Waals surface area contributed by atoms with Crippen molar-refractivity contribution < 1.29 is 17.6 Å². The maximum Gasteiger partial charge on any atom is 0.421 e. The van der Waals surface area contributed by atoms with E-state index in [-0.39, 0.29) is 11.8 Å². The smallest absolute Gasteiger partial charge is 0.340 e. The zero-order valence-electron chi connectivity index (χ0n) is 16.4. The molecule has 158 valence electrons. The van der Waals surface area contributed by atoms with Gasteiger partial charge in [0.1, 0.15) is 17.2 Å². The lowest BCUT2D eigenvalue weighted by Crippen LogP contribution is -2.12. The summed E-state index contributed by atoms with van der Waals surface area (Å²) in [6.45, 7) is 2.11. The number of halogens is 4. The molecule has 0 saturated heterocycles. The zero-order chi connectivity index (χ0) is 21.6. The highest BCUT2D eigenvalue weighted by Crippen LogP contribution is 2.35. The Hall–Kier alpha value is -3.16. The first-order chi connectivity index (χ1) is 14.3. The number of anilines is 4. The fourth-order valence-corrected chi connectivity index (χ4v) is 2.93. The third kappa shape index (κ3) is 5.92. The van der Waals surface area contributed by atoms with E-state index in [4.69, 9.17) is 0 Å². The van der Waals surface area contributed by atoms with Crippen molar-refractivity contribution in [2.45, 2.75) is 38.8 Å². The van der Waals surface area contributed by atoms with Crippen molar-refractivity contribution in [1.29, 1.82) is 0 Å². The number of aromatic nitrogens is 2. The summed E-state index contributed by atoms with van der Waals surface area (Å²) in [5.74, 6) is -0.806. The average Bonchev–Trinajstić information content (AvgIpc) is 2.70. The lowest BCUT2D eigenvalue weighted by atomic mass is 10.1. The van der Waals surface area contributed by atoms with Crippen LogP contribution in [-0.2, 0) is 12.6 Å². The van der Waals surface area contributed by atoms with Gasteiger partial charge in [-0.25, -0.2) is 9.37 Å². The van der Waals surface area contributed by atoms with Gasteiger partial charge < -0.3 is 10.6 Å². The Labute approximate surface area is 172 Å². The van der Waals surface area contributed by atoms with E-state index in [0.717, 1.165) is 37.4 Å². The van der Waals surface area contributed by atoms with Crippen molar-refractivity contribution in [3.63, 3.8) is 0 Å². The second-order valence-electron chi connectivity index (χ2n) is 6.87. The number of hydrogen-bond donors (Lipinski definition) is 2. The molecule has 30 heavy (non-hydrogen) atoms. The van der Waals surface area contributed by atoms with E-state index in [0.29, 0.717) is 11.4 Å². The fraction of sp³-hybridized carbons (Fsp3) is 0.273. The van der Waals surface area contributed by atoms with Gasteiger partial charge in [-0.1, -0.05) is 31.9 Å². The van der Waals surface area contributed by atoms with Crippen LogP contribution in [0, 0.1) is 5.82 Å². The molecule has 0 radical (unpaired) electrons. The number of alkyl halides is 3. The molecule has 0 unspecified atom stereocenters. The topological polar surface area (TPSA) is 49.8 Å². The van der Waals surface area contributed by atoms with Gasteiger partial charge in [-0.05, 0) is 54.8 Å². The van der Waals surface area contributed by atoms with Crippen LogP contribution in [0.3, 0.4) is 0 Å². The number of aryl methyl sites for hydroxylation is 1. The third-order valence-electron chi connectivity index (χ3n) is 4.45. The van der Waals surface area contributed by atoms with Gasteiger partial charge in [-0.3, -0.25) is 0 Å². The van der Waals surface area contributed by atoms with Gasteiger partial charge in [0.15, 0.2) is 0 Å². The van der Waals surface area contributed by atoms with E-state index in [1.54, 1.807) is 12.1 Å². The molecule has 8 heteroatoms. The largest absolute Gasteiger partial charge is 0.421 e. The van der Waals surface area contributed by atoms with Gasteiger partial charge in [0.2, 0.25) is 5.95 Å². The SMILES string of the molecule is CCCCCc1cccc(Nc2nc(Nc3ccc(F)cc3)ncc2C(F)(F)F)c1. The molecule has 1 heterocycles. The molecule has 0 saturated carbocycles. The molecule has 2 aromatic carbocycles. The molecule has 2 N–H and O–H groups in total. The predicted molar refractivity (Wildman–Crippen MR) is 110 cm³/mol. The minimum atomic E-state index is -4.62. The van der Waals surface area contributed by atoms with E-state index in [2.05, 4.69) is 27.5 Å². The summed E-state index contributed by atoms with van der Waals surface area (Å²) in [6.07, 6.45) is 0.184. The Morgan fingerprint density at radius 2 is 1.70 bits per heavy atom. The fourth-order valence-electron chi connectivity index (χ4n) is 2.93. The monoisotopic (exact) mass is 418 g/mol. The van der Waals surface area contributed by atoms with Crippen LogP contribution in [0.25, 0.3) is 0 Å². The van der Waals surface area contributed by atoms with Crippen LogP contribution in [0.2, 0.25) is 0 Å². The van der Waals surface area contributed by atoms with Crippen molar-refractivity contribution in [3.05, 3.63) is 71.7 Å². The number of hydrogen-bond acceptors (Lipinski definition) is 4. The summed E-state index contributed by atoms with van der Waals surface area (Å²) in [5.41, 5.74) is 1.05. The molecule has 3 aromatic rings. The third-order valence-corrected chi connectivity index (χ3v) is 4.45. The highest BCUT2D eigenvalue weighted by Gasteiger charge is 2.35. The van der Waals surface area contributed by atoms with Crippen molar-refractivity contribution in [2.75, 3.05) is 10.6 Å². The van der Waals surface area contributed by atoms with Crippen LogP contribution < -0.4 is 10.6 Å². The quantitative estimate of drug-likeness (QED) is 0.310. The van der Waals surface area contributed by atoms with E-state index in [1.165, 1.54) is 24.3 Å². The normalized spacial score (nSPS) is 11.4. The number of unbranched alkanes of at least 4 members (excludes halogenated alkanes) is 2. The summed E-state index contributed by atoms with van der Waals surface area (Å²) >= 11 is 0. The molecule has 1 aromatic heterocycles. The highest BCUT2D eigenvalue weighted by atomic mass is 19.4. The number of benzene rings is 2. The first-order valence-electron chi connectivity index (χ1n) is 9.68. The first kappa shape index (κ1) is 21.5. The molecular weight excluding hydrogens is 396 g/mol. The first-order valence-corrected chi connectivity index (χ1v) is 9.68. The van der Waals surface area contributed by atoms with Crippen LogP contribution in [0.15, 0.2) is 54.7 Å². The lowest BCUT2D eigenvalue weighted by molar-refractivity contribution is -0.137. The molecule has 3 rings (SSSR count). The molecule has 0 aliphatic heterocycles. The molecule has 4 nitrogen and oxygen atoms in total. The van der Waals surface area contributed by atoms with Gasteiger partial charge in [0, 0.05) is 17.6 Å². The maximum atomic E-state index is 13.5. The van der Waals surface area contributed by atoms with Crippen LogP contribution in [-0.4, -0.2) is 9.97 Å². The second kappa shape index (κ2) is 9.56. The average molecular weight is 418 g/mol. The van der Waals surface area contributed by atoms with Crippen molar-refractivity contribution in [3.8, 4) is 0 Å². The molecule has 0 atom stereocenters. The summed E-state index contributed by atoms with van der Waals surface area (Å²) in [4.78, 5) is 7.77. The van der Waals surface area contributed by atoms with Gasteiger partial charge in [-0.2, -0.15) is 18.2 Å². The second-order valence-corrected chi connectivity index (χ2v) is 6.87. The Morgan fingerprint density at radius 3 is 2.40 bits per heavy atom. The van der Waals surface area contributed by atoms with E-state index < -0.39 is 17.6 Å². The maximum absolute atomic E-state index is 13.5. The molecular formula is C22H22F4N4. The Bertz CT molecular complexity index is 972. The predicted octanol–water partition coefficient (Wildman–Crippen LogP) is 6.85. The van der Waals surface area contributed by atoms with Crippen LogP contribution in [0.5, 0.6) is 0 Å². The van der Waals surface area contributed by atoms with Gasteiger partial charge in [0.25, 0.3) is 0 Å². The highest BCUT2D eigenvalue weighted by molar-refractivity contribution is 5.63. The van der Waals surface area contributed by atoms with E-state index in [9.17, 15) is 17.6 Å². The Morgan fingerprint density at radius 1 is 0.933 bits per heavy atom.